The maximum absolute atomic E-state index is 13.4. The van der Waals surface area contributed by atoms with Gasteiger partial charge in [-0.1, -0.05) is 12.1 Å². The highest BCUT2D eigenvalue weighted by molar-refractivity contribution is 9.10. The summed E-state index contributed by atoms with van der Waals surface area (Å²) < 4.78 is 27.4. The molecule has 0 bridgehead atoms. The Morgan fingerprint density at radius 2 is 2.00 bits per heavy atom. The van der Waals surface area contributed by atoms with E-state index in [1.54, 1.807) is 0 Å². The predicted octanol–water partition coefficient (Wildman–Crippen LogP) is 3.93. The van der Waals surface area contributed by atoms with Crippen molar-refractivity contribution >= 4 is 27.3 Å². The minimum atomic E-state index is -0.878. The van der Waals surface area contributed by atoms with Gasteiger partial charge in [-0.15, -0.1) is 11.3 Å². The van der Waals surface area contributed by atoms with Crippen LogP contribution in [0.4, 0.5) is 8.78 Å². The summed E-state index contributed by atoms with van der Waals surface area (Å²) in [4.78, 5) is 0.999. The van der Waals surface area contributed by atoms with E-state index in [1.807, 2.05) is 11.4 Å². The van der Waals surface area contributed by atoms with E-state index in [2.05, 4.69) is 15.9 Å². The fourth-order valence-electron chi connectivity index (χ4n) is 1.72. The van der Waals surface area contributed by atoms with Crippen molar-refractivity contribution in [2.24, 2.45) is 0 Å². The molecule has 0 saturated heterocycles. The molecule has 2 aromatic rings. The van der Waals surface area contributed by atoms with Crippen LogP contribution in [-0.4, -0.2) is 11.2 Å². The second-order valence-electron chi connectivity index (χ2n) is 3.97. The van der Waals surface area contributed by atoms with Gasteiger partial charge in [0.15, 0.2) is 11.6 Å². The highest BCUT2D eigenvalue weighted by Crippen LogP contribution is 2.25. The number of hydrogen-bond acceptors (Lipinski definition) is 2. The first-order valence-electron chi connectivity index (χ1n) is 5.40. The summed E-state index contributed by atoms with van der Waals surface area (Å²) in [6, 6.07) is 5.91. The fourth-order valence-corrected chi connectivity index (χ4v) is 3.30. The Morgan fingerprint density at radius 1 is 1.22 bits per heavy atom. The zero-order valence-electron chi connectivity index (χ0n) is 9.37. The second-order valence-corrected chi connectivity index (χ2v) is 5.82. The van der Waals surface area contributed by atoms with E-state index in [-0.39, 0.29) is 12.0 Å². The normalized spacial score (nSPS) is 12.7. The van der Waals surface area contributed by atoms with Gasteiger partial charge < -0.3 is 5.11 Å². The molecule has 0 fully saturated rings. The Bertz CT molecular complexity index is 542. The number of halogens is 3. The summed E-state index contributed by atoms with van der Waals surface area (Å²) in [6.45, 7) is 0. The van der Waals surface area contributed by atoms with E-state index in [4.69, 9.17) is 0 Å². The minimum Gasteiger partial charge on any atom is -0.392 e. The Balaban J connectivity index is 2.05. The van der Waals surface area contributed by atoms with Crippen molar-refractivity contribution in [1.29, 1.82) is 0 Å². The fraction of sp³-hybridized carbons (Fsp3) is 0.231. The summed E-state index contributed by atoms with van der Waals surface area (Å²) in [5.41, 5.74) is 0.204. The van der Waals surface area contributed by atoms with Gasteiger partial charge in [-0.3, -0.25) is 0 Å². The topological polar surface area (TPSA) is 20.2 Å². The molecule has 1 atom stereocenters. The van der Waals surface area contributed by atoms with Crippen molar-refractivity contribution in [3.05, 3.63) is 56.2 Å². The molecule has 1 aromatic carbocycles. The van der Waals surface area contributed by atoms with Crippen molar-refractivity contribution in [3.8, 4) is 0 Å². The van der Waals surface area contributed by atoms with E-state index in [9.17, 15) is 13.9 Å². The number of aliphatic hydroxyl groups excluding tert-OH is 1. The summed E-state index contributed by atoms with van der Waals surface area (Å²) in [5, 5.41) is 11.8. The second kappa shape index (κ2) is 5.91. The highest BCUT2D eigenvalue weighted by atomic mass is 79.9. The van der Waals surface area contributed by atoms with Crippen LogP contribution in [0.5, 0.6) is 0 Å². The molecule has 1 unspecified atom stereocenters. The smallest absolute Gasteiger partial charge is 0.162 e. The van der Waals surface area contributed by atoms with Gasteiger partial charge >= 0.3 is 0 Å². The Labute approximate surface area is 116 Å². The van der Waals surface area contributed by atoms with Gasteiger partial charge in [-0.2, -0.15) is 0 Å². The molecule has 0 aliphatic rings. The Kier molecular flexibility index (Phi) is 4.48. The maximum atomic E-state index is 13.4. The summed E-state index contributed by atoms with van der Waals surface area (Å²) >= 11 is 4.89. The first kappa shape index (κ1) is 13.6. The third-order valence-electron chi connectivity index (χ3n) is 2.60. The maximum Gasteiger partial charge on any atom is 0.162 e. The van der Waals surface area contributed by atoms with Gasteiger partial charge in [0, 0.05) is 22.2 Å². The molecule has 1 aromatic heterocycles. The zero-order valence-corrected chi connectivity index (χ0v) is 11.8. The van der Waals surface area contributed by atoms with Crippen LogP contribution in [0.3, 0.4) is 0 Å². The monoisotopic (exact) mass is 332 g/mol. The number of aliphatic hydroxyl groups is 1. The van der Waals surface area contributed by atoms with Crippen molar-refractivity contribution in [2.45, 2.75) is 18.9 Å². The largest absolute Gasteiger partial charge is 0.392 e. The molecule has 0 aliphatic heterocycles. The predicted molar refractivity (Wildman–Crippen MR) is 71.8 cm³/mol. The lowest BCUT2D eigenvalue weighted by atomic mass is 10.0. The SMILES string of the molecule is OC(Cc1cccc(F)c1F)Cc1sccc1Br. The third kappa shape index (κ3) is 3.16. The van der Waals surface area contributed by atoms with E-state index in [0.29, 0.717) is 6.42 Å². The van der Waals surface area contributed by atoms with Crippen LogP contribution in [0.2, 0.25) is 0 Å². The van der Waals surface area contributed by atoms with Gasteiger partial charge in [0.2, 0.25) is 0 Å². The van der Waals surface area contributed by atoms with E-state index >= 15 is 0 Å². The molecule has 0 saturated carbocycles. The summed E-state index contributed by atoms with van der Waals surface area (Å²) in [7, 11) is 0. The minimum absolute atomic E-state index is 0.105. The molecule has 0 amide bonds. The lowest BCUT2D eigenvalue weighted by Crippen LogP contribution is -2.14. The van der Waals surface area contributed by atoms with Crippen LogP contribution in [-0.2, 0) is 12.8 Å². The lowest BCUT2D eigenvalue weighted by Gasteiger charge is -2.11. The highest BCUT2D eigenvalue weighted by Gasteiger charge is 2.14. The van der Waals surface area contributed by atoms with Crippen LogP contribution in [0.25, 0.3) is 0 Å². The molecule has 18 heavy (non-hydrogen) atoms. The molecule has 1 N–H and O–H groups in total. The van der Waals surface area contributed by atoms with Crippen LogP contribution < -0.4 is 0 Å². The molecule has 5 heteroatoms. The zero-order chi connectivity index (χ0) is 13.1. The quantitative estimate of drug-likeness (QED) is 0.899. The van der Waals surface area contributed by atoms with Crippen LogP contribution in [0, 0.1) is 11.6 Å². The standard InChI is InChI=1S/C13H11BrF2OS/c14-10-4-5-18-12(10)7-9(17)6-8-2-1-3-11(15)13(8)16/h1-5,9,17H,6-7H2. The first-order chi connectivity index (χ1) is 8.58. The number of thiophene rings is 1. The molecule has 96 valence electrons. The van der Waals surface area contributed by atoms with Crippen molar-refractivity contribution in [1.82, 2.24) is 0 Å². The number of benzene rings is 1. The van der Waals surface area contributed by atoms with Crippen molar-refractivity contribution < 1.29 is 13.9 Å². The number of hydrogen-bond donors (Lipinski definition) is 1. The molecule has 2 rings (SSSR count). The average Bonchev–Trinajstić information content (AvgIpc) is 2.71. The van der Waals surface area contributed by atoms with Gasteiger partial charge in [-0.05, 0) is 39.0 Å². The van der Waals surface area contributed by atoms with Gasteiger partial charge in [-0.25, -0.2) is 8.78 Å². The van der Waals surface area contributed by atoms with E-state index < -0.39 is 17.7 Å². The molecule has 1 heterocycles. The number of rotatable bonds is 4. The van der Waals surface area contributed by atoms with Gasteiger partial charge in [0.1, 0.15) is 0 Å². The molecular weight excluding hydrogens is 322 g/mol. The van der Waals surface area contributed by atoms with E-state index in [1.165, 1.54) is 23.5 Å². The summed E-state index contributed by atoms with van der Waals surface area (Å²) in [6.07, 6.45) is -0.196. The van der Waals surface area contributed by atoms with Crippen LogP contribution in [0.1, 0.15) is 10.4 Å². The lowest BCUT2D eigenvalue weighted by molar-refractivity contribution is 0.174. The molecule has 1 nitrogen and oxygen atoms in total. The summed E-state index contributed by atoms with van der Waals surface area (Å²) in [5.74, 6) is -1.75. The van der Waals surface area contributed by atoms with Crippen LogP contribution >= 0.6 is 27.3 Å². The average molecular weight is 333 g/mol. The Morgan fingerprint density at radius 3 is 2.67 bits per heavy atom. The van der Waals surface area contributed by atoms with Crippen LogP contribution in [0.15, 0.2) is 34.1 Å². The molecule has 0 spiro atoms. The molecule has 0 aliphatic carbocycles. The van der Waals surface area contributed by atoms with Gasteiger partial charge in [0.25, 0.3) is 0 Å². The third-order valence-corrected chi connectivity index (χ3v) is 4.55. The molecule has 0 radical (unpaired) electrons. The Hall–Kier alpha value is -0.780. The van der Waals surface area contributed by atoms with E-state index in [0.717, 1.165) is 15.4 Å². The molecular formula is C13H11BrF2OS. The van der Waals surface area contributed by atoms with Gasteiger partial charge in [0.05, 0.1) is 6.10 Å². The van der Waals surface area contributed by atoms with Crippen molar-refractivity contribution in [2.75, 3.05) is 0 Å². The first-order valence-corrected chi connectivity index (χ1v) is 7.08. The van der Waals surface area contributed by atoms with Crippen molar-refractivity contribution in [3.63, 3.8) is 0 Å².